The van der Waals surface area contributed by atoms with Gasteiger partial charge in [-0.1, -0.05) is 24.5 Å². The second kappa shape index (κ2) is 8.34. The Morgan fingerprint density at radius 1 is 1.32 bits per heavy atom. The van der Waals surface area contributed by atoms with E-state index in [4.69, 9.17) is 0 Å². The van der Waals surface area contributed by atoms with Crippen molar-refractivity contribution in [3.8, 4) is 16.2 Å². The molecule has 2 aromatic rings. The SMILES string of the molecule is C=C/C(F)=C(\C(=C)F)C(=O)Nc1ncc(-c2ccc(OC(F)(F)F)cc2C)s1. The average Bonchev–Trinajstić information content (AvgIpc) is 3.01. The molecule has 0 fully saturated rings. The number of hydrogen-bond donors (Lipinski definition) is 1. The first-order valence-electron chi connectivity index (χ1n) is 7.52. The van der Waals surface area contributed by atoms with E-state index in [0.29, 0.717) is 22.1 Å². The van der Waals surface area contributed by atoms with Crippen LogP contribution in [0.15, 0.2) is 60.9 Å². The molecule has 28 heavy (non-hydrogen) atoms. The maximum absolute atomic E-state index is 13.6. The lowest BCUT2D eigenvalue weighted by Gasteiger charge is -2.10. The molecule has 2 rings (SSSR count). The average molecular weight is 416 g/mol. The van der Waals surface area contributed by atoms with Gasteiger partial charge in [0, 0.05) is 6.20 Å². The Bertz CT molecular complexity index is 963. The lowest BCUT2D eigenvalue weighted by Crippen LogP contribution is -2.17. The summed E-state index contributed by atoms with van der Waals surface area (Å²) in [5.74, 6) is -3.93. The van der Waals surface area contributed by atoms with Crippen LogP contribution in [-0.2, 0) is 4.79 Å². The molecule has 1 heterocycles. The summed E-state index contributed by atoms with van der Waals surface area (Å²) in [5, 5.41) is 2.27. The highest BCUT2D eigenvalue weighted by molar-refractivity contribution is 7.19. The Morgan fingerprint density at radius 3 is 2.54 bits per heavy atom. The molecular formula is C18H13F5N2O2S. The molecule has 0 saturated heterocycles. The fourth-order valence-corrected chi connectivity index (χ4v) is 3.09. The molecule has 148 valence electrons. The van der Waals surface area contributed by atoms with Crippen molar-refractivity contribution in [2.24, 2.45) is 0 Å². The molecule has 0 unspecified atom stereocenters. The number of carbonyl (C=O) groups excluding carboxylic acids is 1. The lowest BCUT2D eigenvalue weighted by molar-refractivity contribution is -0.274. The molecule has 0 aliphatic heterocycles. The van der Waals surface area contributed by atoms with Crippen LogP contribution in [-0.4, -0.2) is 17.3 Å². The fourth-order valence-electron chi connectivity index (χ4n) is 2.19. The van der Waals surface area contributed by atoms with Gasteiger partial charge in [0.1, 0.15) is 23.0 Å². The van der Waals surface area contributed by atoms with Crippen LogP contribution >= 0.6 is 11.3 Å². The number of carbonyl (C=O) groups is 1. The Labute approximate surface area is 160 Å². The predicted molar refractivity (Wildman–Crippen MR) is 96.2 cm³/mol. The fraction of sp³-hybridized carbons (Fsp3) is 0.111. The maximum atomic E-state index is 13.6. The van der Waals surface area contributed by atoms with Crippen LogP contribution in [0.1, 0.15) is 5.56 Å². The number of aryl methyl sites for hydroxylation is 1. The van der Waals surface area contributed by atoms with Crippen LogP contribution in [0.3, 0.4) is 0 Å². The van der Waals surface area contributed by atoms with Gasteiger partial charge in [0.2, 0.25) is 0 Å². The third kappa shape index (κ3) is 5.26. The zero-order valence-electron chi connectivity index (χ0n) is 14.4. The highest BCUT2D eigenvalue weighted by atomic mass is 32.1. The number of thiazole rings is 1. The molecule has 10 heteroatoms. The number of rotatable bonds is 6. The van der Waals surface area contributed by atoms with Gasteiger partial charge in [0.15, 0.2) is 5.13 Å². The van der Waals surface area contributed by atoms with Crippen molar-refractivity contribution in [3.63, 3.8) is 0 Å². The first-order valence-corrected chi connectivity index (χ1v) is 8.34. The van der Waals surface area contributed by atoms with Gasteiger partial charge in [-0.15, -0.1) is 13.2 Å². The van der Waals surface area contributed by atoms with E-state index in [-0.39, 0.29) is 10.9 Å². The zero-order chi connectivity index (χ0) is 21.1. The van der Waals surface area contributed by atoms with Gasteiger partial charge in [-0.25, -0.2) is 13.8 Å². The van der Waals surface area contributed by atoms with Crippen molar-refractivity contribution >= 4 is 22.4 Å². The zero-order valence-corrected chi connectivity index (χ0v) is 15.2. The van der Waals surface area contributed by atoms with Crippen molar-refractivity contribution in [1.29, 1.82) is 0 Å². The van der Waals surface area contributed by atoms with Crippen LogP contribution in [0.2, 0.25) is 0 Å². The molecule has 0 atom stereocenters. The molecule has 0 spiro atoms. The van der Waals surface area contributed by atoms with E-state index in [1.165, 1.54) is 18.3 Å². The summed E-state index contributed by atoms with van der Waals surface area (Å²) in [6.07, 6.45) is -2.77. The number of amides is 1. The Kier molecular flexibility index (Phi) is 6.34. The van der Waals surface area contributed by atoms with Crippen molar-refractivity contribution in [1.82, 2.24) is 4.98 Å². The second-order valence-corrected chi connectivity index (χ2v) is 6.37. The number of aromatic nitrogens is 1. The van der Waals surface area contributed by atoms with Crippen molar-refractivity contribution < 1.29 is 31.5 Å². The number of anilines is 1. The summed E-state index contributed by atoms with van der Waals surface area (Å²) in [6, 6.07) is 3.75. The van der Waals surface area contributed by atoms with Gasteiger partial charge in [-0.3, -0.25) is 10.1 Å². The van der Waals surface area contributed by atoms with Gasteiger partial charge < -0.3 is 4.74 Å². The lowest BCUT2D eigenvalue weighted by atomic mass is 10.1. The standard InChI is InChI=1S/C18H13F5N2O2S/c1-4-13(20)15(10(3)19)16(26)25-17-24-8-14(28-17)12-6-5-11(7-9(12)2)27-18(21,22)23/h4-8H,1,3H2,2H3,(H,24,25,26)/b15-13-. The van der Waals surface area contributed by atoms with Crippen LogP contribution < -0.4 is 10.1 Å². The number of hydrogen-bond acceptors (Lipinski definition) is 4. The molecule has 0 saturated carbocycles. The molecule has 0 bridgehead atoms. The molecule has 0 aliphatic carbocycles. The number of allylic oxidation sites excluding steroid dienone is 2. The highest BCUT2D eigenvalue weighted by Crippen LogP contribution is 2.34. The molecule has 4 nitrogen and oxygen atoms in total. The van der Waals surface area contributed by atoms with Crippen LogP contribution in [0, 0.1) is 6.92 Å². The van der Waals surface area contributed by atoms with Gasteiger partial charge >= 0.3 is 6.36 Å². The number of benzene rings is 1. The summed E-state index contributed by atoms with van der Waals surface area (Å²) >= 11 is 0.967. The smallest absolute Gasteiger partial charge is 0.406 e. The minimum absolute atomic E-state index is 0.0330. The van der Waals surface area contributed by atoms with E-state index >= 15 is 0 Å². The molecular weight excluding hydrogens is 403 g/mol. The predicted octanol–water partition coefficient (Wildman–Crippen LogP) is 5.85. The van der Waals surface area contributed by atoms with Gasteiger partial charge in [-0.2, -0.15) is 0 Å². The number of nitrogens with zero attached hydrogens (tertiary/aromatic N) is 1. The monoisotopic (exact) mass is 416 g/mol. The van der Waals surface area contributed by atoms with Crippen LogP contribution in [0.25, 0.3) is 10.4 Å². The largest absolute Gasteiger partial charge is 0.573 e. The van der Waals surface area contributed by atoms with E-state index in [1.54, 1.807) is 6.92 Å². The summed E-state index contributed by atoms with van der Waals surface area (Å²) in [7, 11) is 0. The summed E-state index contributed by atoms with van der Waals surface area (Å²) < 4.78 is 67.6. The molecule has 1 aromatic carbocycles. The van der Waals surface area contributed by atoms with Crippen molar-refractivity contribution in [2.45, 2.75) is 13.3 Å². The topological polar surface area (TPSA) is 51.2 Å². The van der Waals surface area contributed by atoms with E-state index in [2.05, 4.69) is 28.2 Å². The van der Waals surface area contributed by atoms with Gasteiger partial charge in [-0.05, 0) is 42.3 Å². The minimum atomic E-state index is -4.80. The van der Waals surface area contributed by atoms with E-state index in [1.807, 2.05) is 0 Å². The number of ether oxygens (including phenoxy) is 1. The first-order chi connectivity index (χ1) is 13.0. The Balaban J connectivity index is 2.24. The molecule has 0 radical (unpaired) electrons. The van der Waals surface area contributed by atoms with Crippen molar-refractivity contribution in [3.05, 3.63) is 66.4 Å². The number of alkyl halides is 3. The normalized spacial score (nSPS) is 12.2. The summed E-state index contributed by atoms with van der Waals surface area (Å²) in [6.45, 7) is 7.60. The van der Waals surface area contributed by atoms with E-state index in [9.17, 15) is 26.7 Å². The van der Waals surface area contributed by atoms with Crippen LogP contribution in [0.4, 0.5) is 27.1 Å². The molecule has 0 aliphatic rings. The quantitative estimate of drug-likeness (QED) is 0.365. The molecule has 1 amide bonds. The summed E-state index contributed by atoms with van der Waals surface area (Å²) in [4.78, 5) is 16.5. The Morgan fingerprint density at radius 2 is 2.00 bits per heavy atom. The highest BCUT2D eigenvalue weighted by Gasteiger charge is 2.31. The first kappa shape index (κ1) is 21.3. The van der Waals surface area contributed by atoms with Gasteiger partial charge in [0.25, 0.3) is 5.91 Å². The van der Waals surface area contributed by atoms with E-state index in [0.717, 1.165) is 17.4 Å². The van der Waals surface area contributed by atoms with Crippen molar-refractivity contribution in [2.75, 3.05) is 5.32 Å². The third-order valence-electron chi connectivity index (χ3n) is 3.34. The minimum Gasteiger partial charge on any atom is -0.406 e. The second-order valence-electron chi connectivity index (χ2n) is 5.34. The third-order valence-corrected chi connectivity index (χ3v) is 4.29. The maximum Gasteiger partial charge on any atom is 0.573 e. The number of halogens is 5. The van der Waals surface area contributed by atoms with Crippen LogP contribution in [0.5, 0.6) is 5.75 Å². The Hall–Kier alpha value is -3.01. The summed E-state index contributed by atoms with van der Waals surface area (Å²) in [5.41, 5.74) is 0.116. The molecule has 1 N–H and O–H groups in total. The van der Waals surface area contributed by atoms with Gasteiger partial charge in [0.05, 0.1) is 4.88 Å². The number of nitrogens with one attached hydrogen (secondary N) is 1. The van der Waals surface area contributed by atoms with E-state index < -0.39 is 29.5 Å². The molecule has 1 aromatic heterocycles.